The molecule has 0 aliphatic rings. The standard InChI is InChI=1S/C29H33ClN4O7S/c1-19(2)31-29(36)21(4)32(17-22-8-6-7-9-26(22)30)28(35)18-33(23-11-13-24(41-5)14-12-23)42(39,40)25-15-10-20(3)27(16-25)34(37)38/h6-16,19,21H,17-18H2,1-5H3,(H,31,36)/t21-/m1/s1. The summed E-state index contributed by atoms with van der Waals surface area (Å²) in [7, 11) is -3.05. The van der Waals surface area contributed by atoms with Crippen molar-refractivity contribution in [3.63, 3.8) is 0 Å². The van der Waals surface area contributed by atoms with Gasteiger partial charge in [-0.15, -0.1) is 0 Å². The van der Waals surface area contributed by atoms with Gasteiger partial charge in [-0.25, -0.2) is 8.42 Å². The molecule has 3 rings (SSSR count). The van der Waals surface area contributed by atoms with Crippen LogP contribution in [0, 0.1) is 17.0 Å². The Bertz CT molecular complexity index is 1560. The number of carbonyl (C=O) groups is 2. The van der Waals surface area contributed by atoms with E-state index in [1.165, 1.54) is 55.3 Å². The summed E-state index contributed by atoms with van der Waals surface area (Å²) in [6.07, 6.45) is 0. The first kappa shape index (κ1) is 32.4. The van der Waals surface area contributed by atoms with Gasteiger partial charge >= 0.3 is 0 Å². The topological polar surface area (TPSA) is 139 Å². The van der Waals surface area contributed by atoms with E-state index < -0.39 is 39.3 Å². The fourth-order valence-electron chi connectivity index (χ4n) is 4.15. The van der Waals surface area contributed by atoms with E-state index in [4.69, 9.17) is 16.3 Å². The molecule has 3 aromatic rings. The highest BCUT2D eigenvalue weighted by atomic mass is 35.5. The molecule has 0 radical (unpaired) electrons. The number of rotatable bonds is 12. The van der Waals surface area contributed by atoms with Crippen LogP contribution in [0.25, 0.3) is 0 Å². The third-order valence-corrected chi connectivity index (χ3v) is 8.64. The van der Waals surface area contributed by atoms with Crippen molar-refractivity contribution in [3.05, 3.63) is 93.0 Å². The molecule has 13 heteroatoms. The minimum absolute atomic E-state index is 0.0717. The maximum atomic E-state index is 14.0. The molecule has 0 aliphatic carbocycles. The second-order valence-corrected chi connectivity index (χ2v) is 12.1. The SMILES string of the molecule is COc1ccc(N(CC(=O)N(Cc2ccccc2Cl)[C@H](C)C(=O)NC(C)C)S(=O)(=O)c2ccc(C)c([N+](=O)[O-])c2)cc1. The van der Waals surface area contributed by atoms with Gasteiger partial charge in [-0.2, -0.15) is 0 Å². The van der Waals surface area contributed by atoms with Crippen LogP contribution in [0.1, 0.15) is 31.9 Å². The fourth-order valence-corrected chi connectivity index (χ4v) is 5.78. The van der Waals surface area contributed by atoms with Crippen molar-refractivity contribution in [3.8, 4) is 5.75 Å². The van der Waals surface area contributed by atoms with Crippen molar-refractivity contribution in [2.75, 3.05) is 18.0 Å². The second-order valence-electron chi connectivity index (χ2n) is 9.87. The lowest BCUT2D eigenvalue weighted by molar-refractivity contribution is -0.385. The summed E-state index contributed by atoms with van der Waals surface area (Å²) in [5, 5.41) is 14.7. The first-order chi connectivity index (χ1) is 19.8. The van der Waals surface area contributed by atoms with Gasteiger partial charge in [0.2, 0.25) is 11.8 Å². The molecular weight excluding hydrogens is 584 g/mol. The number of aryl methyl sites for hydroxylation is 1. The number of methoxy groups -OCH3 is 1. The van der Waals surface area contributed by atoms with Gasteiger partial charge in [0.25, 0.3) is 15.7 Å². The van der Waals surface area contributed by atoms with Gasteiger partial charge in [0.1, 0.15) is 18.3 Å². The van der Waals surface area contributed by atoms with E-state index >= 15 is 0 Å². The zero-order chi connectivity index (χ0) is 31.2. The predicted molar refractivity (Wildman–Crippen MR) is 160 cm³/mol. The molecule has 224 valence electrons. The lowest BCUT2D eigenvalue weighted by atomic mass is 10.1. The number of nitro benzene ring substituents is 1. The number of nitrogens with zero attached hydrogens (tertiary/aromatic N) is 3. The first-order valence-corrected chi connectivity index (χ1v) is 14.8. The van der Waals surface area contributed by atoms with Crippen LogP contribution in [0.5, 0.6) is 5.75 Å². The minimum atomic E-state index is -4.51. The van der Waals surface area contributed by atoms with E-state index in [2.05, 4.69) is 5.32 Å². The highest BCUT2D eigenvalue weighted by Crippen LogP contribution is 2.30. The average Bonchev–Trinajstić information content (AvgIpc) is 2.94. The molecule has 0 heterocycles. The largest absolute Gasteiger partial charge is 0.497 e. The van der Waals surface area contributed by atoms with Crippen molar-refractivity contribution in [2.45, 2.75) is 51.2 Å². The van der Waals surface area contributed by atoms with E-state index in [0.717, 1.165) is 10.4 Å². The molecule has 42 heavy (non-hydrogen) atoms. The lowest BCUT2D eigenvalue weighted by Crippen LogP contribution is -2.52. The smallest absolute Gasteiger partial charge is 0.273 e. The molecule has 0 saturated heterocycles. The number of carbonyl (C=O) groups excluding carboxylic acids is 2. The normalized spacial score (nSPS) is 12.0. The number of halogens is 1. The van der Waals surface area contributed by atoms with Crippen LogP contribution in [-0.4, -0.2) is 55.8 Å². The summed E-state index contributed by atoms with van der Waals surface area (Å²) < 4.78 is 34.0. The predicted octanol–water partition coefficient (Wildman–Crippen LogP) is 4.70. The van der Waals surface area contributed by atoms with Crippen molar-refractivity contribution in [1.82, 2.24) is 10.2 Å². The van der Waals surface area contributed by atoms with Gasteiger partial charge in [-0.05, 0) is 69.7 Å². The van der Waals surface area contributed by atoms with Crippen molar-refractivity contribution in [1.29, 1.82) is 0 Å². The fraction of sp³-hybridized carbons (Fsp3) is 0.310. The Kier molecular flexibility index (Phi) is 10.5. The van der Waals surface area contributed by atoms with E-state index in [0.29, 0.717) is 16.3 Å². The summed E-state index contributed by atoms with van der Waals surface area (Å²) in [5.41, 5.74) is 0.576. The van der Waals surface area contributed by atoms with E-state index in [1.807, 2.05) is 0 Å². The monoisotopic (exact) mass is 616 g/mol. The number of hydrogen-bond acceptors (Lipinski definition) is 7. The van der Waals surface area contributed by atoms with Gasteiger partial charge in [-0.1, -0.05) is 35.9 Å². The van der Waals surface area contributed by atoms with Crippen LogP contribution in [0.4, 0.5) is 11.4 Å². The maximum absolute atomic E-state index is 14.0. The van der Waals surface area contributed by atoms with Crippen LogP contribution in [0.15, 0.2) is 71.6 Å². The molecule has 3 aromatic carbocycles. The molecule has 0 aliphatic heterocycles. The lowest BCUT2D eigenvalue weighted by Gasteiger charge is -2.32. The van der Waals surface area contributed by atoms with Crippen LogP contribution in [0.2, 0.25) is 5.02 Å². The molecule has 0 saturated carbocycles. The summed E-state index contributed by atoms with van der Waals surface area (Å²) in [6.45, 7) is 5.82. The van der Waals surface area contributed by atoms with Crippen LogP contribution in [0.3, 0.4) is 0 Å². The number of nitro groups is 1. The summed E-state index contributed by atoms with van der Waals surface area (Å²) >= 11 is 6.37. The molecule has 0 unspecified atom stereocenters. The Morgan fingerprint density at radius 2 is 1.69 bits per heavy atom. The van der Waals surface area contributed by atoms with Crippen molar-refractivity contribution in [2.24, 2.45) is 0 Å². The molecule has 2 amide bonds. The number of sulfonamides is 1. The number of amides is 2. The third kappa shape index (κ3) is 7.56. The first-order valence-electron chi connectivity index (χ1n) is 13.0. The van der Waals surface area contributed by atoms with Crippen molar-refractivity contribution >= 4 is 44.8 Å². The molecule has 1 N–H and O–H groups in total. The maximum Gasteiger partial charge on any atom is 0.273 e. The second kappa shape index (κ2) is 13.7. The molecule has 1 atom stereocenters. The van der Waals surface area contributed by atoms with Gasteiger partial charge < -0.3 is 15.0 Å². The molecule has 11 nitrogen and oxygen atoms in total. The Hall–Kier alpha value is -4.16. The zero-order valence-corrected chi connectivity index (χ0v) is 25.5. The Morgan fingerprint density at radius 1 is 1.05 bits per heavy atom. The Balaban J connectivity index is 2.10. The zero-order valence-electron chi connectivity index (χ0n) is 23.9. The molecule has 0 bridgehead atoms. The van der Waals surface area contributed by atoms with Crippen LogP contribution < -0.4 is 14.4 Å². The molecule has 0 spiro atoms. The van der Waals surface area contributed by atoms with Gasteiger partial charge in [0.05, 0.1) is 22.6 Å². The Labute approximate surface area is 250 Å². The number of nitrogens with one attached hydrogen (secondary N) is 1. The van der Waals surface area contributed by atoms with E-state index in [1.54, 1.807) is 45.0 Å². The average molecular weight is 617 g/mol. The van der Waals surface area contributed by atoms with Crippen LogP contribution >= 0.6 is 11.6 Å². The van der Waals surface area contributed by atoms with Crippen molar-refractivity contribution < 1.29 is 27.7 Å². The summed E-state index contributed by atoms with van der Waals surface area (Å²) in [4.78, 5) is 38.8. The van der Waals surface area contributed by atoms with Gasteiger partial charge in [0.15, 0.2) is 0 Å². The quantitative estimate of drug-likeness (QED) is 0.230. The molecular formula is C29H33ClN4O7S. The van der Waals surface area contributed by atoms with E-state index in [9.17, 15) is 28.1 Å². The summed E-state index contributed by atoms with van der Waals surface area (Å²) in [5.74, 6) is -0.673. The third-order valence-electron chi connectivity index (χ3n) is 6.50. The van der Waals surface area contributed by atoms with Gasteiger partial charge in [0, 0.05) is 29.2 Å². The van der Waals surface area contributed by atoms with E-state index in [-0.39, 0.29) is 34.4 Å². The Morgan fingerprint density at radius 3 is 2.26 bits per heavy atom. The molecule has 0 fully saturated rings. The van der Waals surface area contributed by atoms with Gasteiger partial charge in [-0.3, -0.25) is 24.0 Å². The highest BCUT2D eigenvalue weighted by molar-refractivity contribution is 7.92. The number of hydrogen-bond donors (Lipinski definition) is 1. The van der Waals surface area contributed by atoms with Crippen LogP contribution in [-0.2, 0) is 26.2 Å². The molecule has 0 aromatic heterocycles. The number of benzene rings is 3. The highest BCUT2D eigenvalue weighted by Gasteiger charge is 2.33. The number of anilines is 1. The summed E-state index contributed by atoms with van der Waals surface area (Å²) in [6, 6.07) is 15.1. The minimum Gasteiger partial charge on any atom is -0.497 e. The number of ether oxygens (including phenoxy) is 1.